The second kappa shape index (κ2) is 6.74. The average molecular weight is 375 g/mol. The van der Waals surface area contributed by atoms with E-state index in [1.165, 1.54) is 36.4 Å². The molecule has 0 saturated carbocycles. The molecule has 0 atom stereocenters. The fourth-order valence-electron chi connectivity index (χ4n) is 2.01. The van der Waals surface area contributed by atoms with Crippen LogP contribution < -0.4 is 4.31 Å². The van der Waals surface area contributed by atoms with Crippen molar-refractivity contribution in [3.05, 3.63) is 62.6 Å². The summed E-state index contributed by atoms with van der Waals surface area (Å²) in [6.45, 7) is 1.68. The fraction of sp³-hybridized carbons (Fsp3) is 0.143. The Balaban J connectivity index is 2.57. The van der Waals surface area contributed by atoms with E-state index in [2.05, 4.69) is 0 Å². The van der Waals surface area contributed by atoms with Gasteiger partial charge in [0.25, 0.3) is 15.7 Å². The van der Waals surface area contributed by atoms with Crippen molar-refractivity contribution >= 4 is 44.6 Å². The Bertz CT molecular complexity index is 838. The zero-order valence-corrected chi connectivity index (χ0v) is 14.3. The first-order valence-corrected chi connectivity index (χ1v) is 8.69. The van der Waals surface area contributed by atoms with Gasteiger partial charge in [0.1, 0.15) is 0 Å². The Hall–Kier alpha value is -1.83. The molecule has 2 rings (SSSR count). The van der Waals surface area contributed by atoms with E-state index < -0.39 is 14.9 Å². The molecule has 2 aromatic rings. The minimum Gasteiger partial charge on any atom is -0.265 e. The fourth-order valence-corrected chi connectivity index (χ4v) is 3.89. The van der Waals surface area contributed by atoms with E-state index in [4.69, 9.17) is 23.2 Å². The Morgan fingerprint density at radius 2 is 1.74 bits per heavy atom. The molecule has 0 fully saturated rings. The van der Waals surface area contributed by atoms with Crippen LogP contribution in [0.2, 0.25) is 10.0 Å². The molecule has 122 valence electrons. The van der Waals surface area contributed by atoms with Crippen molar-refractivity contribution in [3.63, 3.8) is 0 Å². The summed E-state index contributed by atoms with van der Waals surface area (Å²) in [7, 11) is -3.92. The molecule has 6 nitrogen and oxygen atoms in total. The van der Waals surface area contributed by atoms with E-state index in [-0.39, 0.29) is 27.8 Å². The zero-order chi connectivity index (χ0) is 17.2. The van der Waals surface area contributed by atoms with Crippen LogP contribution in [0.3, 0.4) is 0 Å². The topological polar surface area (TPSA) is 80.5 Å². The quantitative estimate of drug-likeness (QED) is 0.582. The van der Waals surface area contributed by atoms with Gasteiger partial charge in [-0.25, -0.2) is 8.42 Å². The van der Waals surface area contributed by atoms with Gasteiger partial charge in [-0.05, 0) is 37.3 Å². The van der Waals surface area contributed by atoms with Gasteiger partial charge in [-0.15, -0.1) is 0 Å². The number of hydrogen-bond acceptors (Lipinski definition) is 4. The normalized spacial score (nSPS) is 11.3. The Morgan fingerprint density at radius 3 is 2.26 bits per heavy atom. The van der Waals surface area contributed by atoms with Crippen molar-refractivity contribution in [2.75, 3.05) is 10.8 Å². The molecular weight excluding hydrogens is 363 g/mol. The number of sulfonamides is 1. The first-order valence-electron chi connectivity index (χ1n) is 6.49. The van der Waals surface area contributed by atoms with Gasteiger partial charge in [0.2, 0.25) is 0 Å². The SMILES string of the molecule is CCN(c1cc([N+](=O)[O-])ccc1Cl)S(=O)(=O)c1ccc(Cl)cc1. The lowest BCUT2D eigenvalue weighted by Gasteiger charge is -2.23. The van der Waals surface area contributed by atoms with Crippen LogP contribution in [-0.2, 0) is 10.0 Å². The number of anilines is 1. The van der Waals surface area contributed by atoms with Crippen LogP contribution in [0.25, 0.3) is 0 Å². The summed E-state index contributed by atoms with van der Waals surface area (Å²) >= 11 is 11.8. The first-order chi connectivity index (χ1) is 10.8. The van der Waals surface area contributed by atoms with Crippen molar-refractivity contribution in [2.24, 2.45) is 0 Å². The molecule has 0 spiro atoms. The summed E-state index contributed by atoms with van der Waals surface area (Å²) in [6.07, 6.45) is 0. The summed E-state index contributed by atoms with van der Waals surface area (Å²) in [5, 5.41) is 11.4. The molecule has 0 heterocycles. The number of nitro benzene ring substituents is 1. The molecule has 0 radical (unpaired) electrons. The van der Waals surface area contributed by atoms with E-state index in [0.29, 0.717) is 5.02 Å². The van der Waals surface area contributed by atoms with Gasteiger partial charge in [0, 0.05) is 23.7 Å². The molecule has 0 bridgehead atoms. The highest BCUT2D eigenvalue weighted by Crippen LogP contribution is 2.33. The number of nitrogens with zero attached hydrogens (tertiary/aromatic N) is 2. The van der Waals surface area contributed by atoms with E-state index >= 15 is 0 Å². The second-order valence-electron chi connectivity index (χ2n) is 4.52. The smallest absolute Gasteiger partial charge is 0.265 e. The molecule has 0 saturated heterocycles. The van der Waals surface area contributed by atoms with E-state index in [0.717, 1.165) is 10.4 Å². The summed E-state index contributed by atoms with van der Waals surface area (Å²) in [6, 6.07) is 9.30. The van der Waals surface area contributed by atoms with Gasteiger partial charge in [-0.3, -0.25) is 14.4 Å². The Morgan fingerprint density at radius 1 is 1.13 bits per heavy atom. The number of rotatable bonds is 5. The minimum absolute atomic E-state index is 0.0197. The molecule has 0 N–H and O–H groups in total. The zero-order valence-electron chi connectivity index (χ0n) is 11.9. The Kier molecular flexibility index (Phi) is 5.13. The third-order valence-corrected chi connectivity index (χ3v) is 5.57. The standard InChI is InChI=1S/C14H12Cl2N2O4S/c1-2-17(14-9-11(18(19)20)5-8-13(14)16)23(21,22)12-6-3-10(15)4-7-12/h3-9H,2H2,1H3. The van der Waals surface area contributed by atoms with Crippen molar-refractivity contribution < 1.29 is 13.3 Å². The van der Waals surface area contributed by atoms with Gasteiger partial charge in [0.15, 0.2) is 0 Å². The number of halogens is 2. The number of nitro groups is 1. The van der Waals surface area contributed by atoms with Crippen molar-refractivity contribution in [1.82, 2.24) is 0 Å². The van der Waals surface area contributed by atoms with Crippen molar-refractivity contribution in [3.8, 4) is 0 Å². The molecule has 23 heavy (non-hydrogen) atoms. The number of hydrogen-bond donors (Lipinski definition) is 0. The molecule has 0 aromatic heterocycles. The van der Waals surface area contributed by atoms with Crippen LogP contribution in [0.15, 0.2) is 47.4 Å². The number of benzene rings is 2. The first kappa shape index (κ1) is 17.5. The van der Waals surface area contributed by atoms with Crippen molar-refractivity contribution in [2.45, 2.75) is 11.8 Å². The lowest BCUT2D eigenvalue weighted by molar-refractivity contribution is -0.384. The van der Waals surface area contributed by atoms with Crippen LogP contribution in [0.1, 0.15) is 6.92 Å². The molecular formula is C14H12Cl2N2O4S. The van der Waals surface area contributed by atoms with E-state index in [9.17, 15) is 18.5 Å². The maximum Gasteiger partial charge on any atom is 0.271 e. The van der Waals surface area contributed by atoms with E-state index in [1.54, 1.807) is 6.92 Å². The van der Waals surface area contributed by atoms with Crippen LogP contribution in [0.5, 0.6) is 0 Å². The highest BCUT2D eigenvalue weighted by atomic mass is 35.5. The third-order valence-electron chi connectivity index (χ3n) is 3.10. The molecule has 9 heteroatoms. The van der Waals surface area contributed by atoms with Gasteiger partial charge in [0.05, 0.1) is 20.5 Å². The van der Waals surface area contributed by atoms with Crippen LogP contribution in [0.4, 0.5) is 11.4 Å². The molecule has 2 aromatic carbocycles. The molecule has 0 aliphatic carbocycles. The average Bonchev–Trinajstić information content (AvgIpc) is 2.49. The van der Waals surface area contributed by atoms with Crippen molar-refractivity contribution in [1.29, 1.82) is 0 Å². The maximum absolute atomic E-state index is 12.8. The molecule has 0 aliphatic rings. The minimum atomic E-state index is -3.92. The van der Waals surface area contributed by atoms with Gasteiger partial charge >= 0.3 is 0 Å². The third kappa shape index (κ3) is 3.57. The summed E-state index contributed by atoms with van der Waals surface area (Å²) in [4.78, 5) is 10.3. The maximum atomic E-state index is 12.8. The summed E-state index contributed by atoms with van der Waals surface area (Å²) in [5.74, 6) is 0. The lowest BCUT2D eigenvalue weighted by atomic mass is 10.3. The highest BCUT2D eigenvalue weighted by Gasteiger charge is 2.26. The van der Waals surface area contributed by atoms with Gasteiger partial charge < -0.3 is 0 Å². The molecule has 0 amide bonds. The van der Waals surface area contributed by atoms with Gasteiger partial charge in [-0.2, -0.15) is 0 Å². The lowest BCUT2D eigenvalue weighted by Crippen LogP contribution is -2.31. The Labute approximate surface area is 143 Å². The van der Waals surface area contributed by atoms with Gasteiger partial charge in [-0.1, -0.05) is 23.2 Å². The number of non-ortho nitro benzene ring substituents is 1. The predicted octanol–water partition coefficient (Wildman–Crippen LogP) is 4.12. The van der Waals surface area contributed by atoms with Crippen LogP contribution >= 0.6 is 23.2 Å². The highest BCUT2D eigenvalue weighted by molar-refractivity contribution is 7.92. The summed E-state index contributed by atoms with van der Waals surface area (Å²) in [5.41, 5.74) is -0.188. The largest absolute Gasteiger partial charge is 0.271 e. The van der Waals surface area contributed by atoms with E-state index in [1.807, 2.05) is 0 Å². The molecule has 0 unspecified atom stereocenters. The second-order valence-corrected chi connectivity index (χ2v) is 7.22. The van der Waals surface area contributed by atoms with Crippen LogP contribution in [-0.4, -0.2) is 19.9 Å². The predicted molar refractivity (Wildman–Crippen MR) is 89.8 cm³/mol. The summed E-state index contributed by atoms with van der Waals surface area (Å²) < 4.78 is 26.5. The van der Waals surface area contributed by atoms with Crippen LogP contribution in [0, 0.1) is 10.1 Å². The monoisotopic (exact) mass is 374 g/mol. The molecule has 0 aliphatic heterocycles.